The molecule has 1 N–H and O–H groups in total. The molecule has 0 fully saturated rings. The third-order valence-electron chi connectivity index (χ3n) is 1.54. The lowest BCUT2D eigenvalue weighted by Gasteiger charge is -2.00. The minimum Gasteiger partial charge on any atom is -0.360 e. The molecule has 0 unspecified atom stereocenters. The van der Waals surface area contributed by atoms with Gasteiger partial charge in [0.05, 0.1) is 11.4 Å². The zero-order valence-corrected chi connectivity index (χ0v) is 5.99. The van der Waals surface area contributed by atoms with E-state index in [1.54, 1.807) is 6.20 Å². The second-order valence-electron chi connectivity index (χ2n) is 2.30. The first-order chi connectivity index (χ1) is 5.47. The molecule has 2 heterocycles. The highest BCUT2D eigenvalue weighted by molar-refractivity contribution is 5.66. The molecule has 0 spiro atoms. The van der Waals surface area contributed by atoms with Gasteiger partial charge < -0.3 is 5.32 Å². The number of anilines is 1. The van der Waals surface area contributed by atoms with E-state index < -0.39 is 0 Å². The molecule has 0 amide bonds. The Morgan fingerprint density at radius 2 is 2.27 bits per heavy atom. The molecule has 0 saturated heterocycles. The summed E-state index contributed by atoms with van der Waals surface area (Å²) in [4.78, 5) is 4.19. The lowest BCUT2D eigenvalue weighted by Crippen LogP contribution is -1.90. The first-order valence-electron chi connectivity index (χ1n) is 3.51. The van der Waals surface area contributed by atoms with E-state index in [2.05, 4.69) is 10.3 Å². The highest BCUT2D eigenvalue weighted by atomic mass is 14.9. The van der Waals surface area contributed by atoms with Gasteiger partial charge in [0.15, 0.2) is 0 Å². The molecule has 2 rings (SSSR count). The number of pyridine rings is 1. The molecular formula is C9H8N2. The topological polar surface area (TPSA) is 24.9 Å². The summed E-state index contributed by atoms with van der Waals surface area (Å²) in [5, 5.41) is 3.12. The standard InChI is InChI=1S/C9H8N2/c1-2-6-10-9-5-3-7-11-8(9)4-1/h1-7,10H. The maximum absolute atomic E-state index is 4.19. The molecule has 0 saturated carbocycles. The molecule has 2 nitrogen and oxygen atoms in total. The summed E-state index contributed by atoms with van der Waals surface area (Å²) in [5.41, 5.74) is 2.04. The van der Waals surface area contributed by atoms with Gasteiger partial charge >= 0.3 is 0 Å². The molecule has 1 aliphatic rings. The van der Waals surface area contributed by atoms with Crippen LogP contribution in [0, 0.1) is 0 Å². The van der Waals surface area contributed by atoms with Crippen molar-refractivity contribution in [3.8, 4) is 0 Å². The van der Waals surface area contributed by atoms with Crippen LogP contribution in [0.2, 0.25) is 0 Å². The smallest absolute Gasteiger partial charge is 0.0864 e. The lowest BCUT2D eigenvalue weighted by atomic mass is 10.3. The van der Waals surface area contributed by atoms with E-state index >= 15 is 0 Å². The molecular weight excluding hydrogens is 136 g/mol. The van der Waals surface area contributed by atoms with Crippen LogP contribution < -0.4 is 5.32 Å². The molecule has 1 aromatic rings. The van der Waals surface area contributed by atoms with Crippen LogP contribution >= 0.6 is 0 Å². The summed E-state index contributed by atoms with van der Waals surface area (Å²) in [5.74, 6) is 0. The highest BCUT2D eigenvalue weighted by Gasteiger charge is 1.97. The monoisotopic (exact) mass is 144 g/mol. The van der Waals surface area contributed by atoms with Crippen molar-refractivity contribution in [2.75, 3.05) is 5.32 Å². The summed E-state index contributed by atoms with van der Waals surface area (Å²) in [7, 11) is 0. The Morgan fingerprint density at radius 3 is 3.27 bits per heavy atom. The average Bonchev–Trinajstić information content (AvgIpc) is 2.28. The first-order valence-corrected chi connectivity index (χ1v) is 3.51. The van der Waals surface area contributed by atoms with E-state index in [1.807, 2.05) is 36.6 Å². The molecule has 0 atom stereocenters. The van der Waals surface area contributed by atoms with Crippen molar-refractivity contribution in [1.29, 1.82) is 0 Å². The van der Waals surface area contributed by atoms with Gasteiger partial charge in [0.1, 0.15) is 0 Å². The number of rotatable bonds is 0. The Balaban J connectivity index is 2.52. The number of hydrogen-bond donors (Lipinski definition) is 1. The predicted octanol–water partition coefficient (Wildman–Crippen LogP) is 2.03. The summed E-state index contributed by atoms with van der Waals surface area (Å²) in [6.45, 7) is 0. The van der Waals surface area contributed by atoms with Crippen molar-refractivity contribution in [1.82, 2.24) is 4.98 Å². The molecule has 1 aromatic heterocycles. The van der Waals surface area contributed by atoms with Gasteiger partial charge in [-0.2, -0.15) is 0 Å². The second-order valence-corrected chi connectivity index (χ2v) is 2.30. The van der Waals surface area contributed by atoms with Crippen LogP contribution in [0.15, 0.2) is 36.7 Å². The van der Waals surface area contributed by atoms with Crippen LogP contribution in [-0.2, 0) is 0 Å². The SMILES string of the molecule is C1=CNc2cccnc2C=C1. The molecule has 1 aliphatic heterocycles. The Labute approximate surface area is 65.3 Å². The fourth-order valence-electron chi connectivity index (χ4n) is 1.01. The van der Waals surface area contributed by atoms with Gasteiger partial charge in [-0.15, -0.1) is 0 Å². The number of allylic oxidation sites excluding steroid dienone is 2. The van der Waals surface area contributed by atoms with Gasteiger partial charge in [-0.3, -0.25) is 4.98 Å². The summed E-state index contributed by atoms with van der Waals surface area (Å²) >= 11 is 0. The normalized spacial score (nSPS) is 13.5. The van der Waals surface area contributed by atoms with Crippen LogP contribution in [0.1, 0.15) is 5.69 Å². The van der Waals surface area contributed by atoms with E-state index in [0.717, 1.165) is 11.4 Å². The largest absolute Gasteiger partial charge is 0.360 e. The summed E-state index contributed by atoms with van der Waals surface area (Å²) in [6, 6.07) is 3.92. The Hall–Kier alpha value is -1.57. The minimum atomic E-state index is 0.984. The average molecular weight is 144 g/mol. The first kappa shape index (κ1) is 6.16. The van der Waals surface area contributed by atoms with Crippen molar-refractivity contribution < 1.29 is 0 Å². The van der Waals surface area contributed by atoms with Crippen molar-refractivity contribution in [2.45, 2.75) is 0 Å². The molecule has 0 radical (unpaired) electrons. The lowest BCUT2D eigenvalue weighted by molar-refractivity contribution is 1.29. The molecule has 0 aromatic carbocycles. The third kappa shape index (κ3) is 1.15. The Kier molecular flexibility index (Phi) is 1.44. The van der Waals surface area contributed by atoms with Gasteiger partial charge in [0, 0.05) is 12.4 Å². The third-order valence-corrected chi connectivity index (χ3v) is 1.54. The molecule has 0 aliphatic carbocycles. The van der Waals surface area contributed by atoms with Crippen LogP contribution in [0.5, 0.6) is 0 Å². The van der Waals surface area contributed by atoms with Gasteiger partial charge in [-0.25, -0.2) is 0 Å². The quantitative estimate of drug-likeness (QED) is 0.602. The fraction of sp³-hybridized carbons (Fsp3) is 0. The summed E-state index contributed by atoms with van der Waals surface area (Å²) < 4.78 is 0. The second kappa shape index (κ2) is 2.58. The van der Waals surface area contributed by atoms with E-state index in [4.69, 9.17) is 0 Å². The predicted molar refractivity (Wildman–Crippen MR) is 46.0 cm³/mol. The van der Waals surface area contributed by atoms with E-state index in [1.165, 1.54) is 0 Å². The fourth-order valence-corrected chi connectivity index (χ4v) is 1.01. The van der Waals surface area contributed by atoms with Crippen molar-refractivity contribution in [2.24, 2.45) is 0 Å². The Bertz CT molecular complexity index is 313. The van der Waals surface area contributed by atoms with Gasteiger partial charge in [-0.1, -0.05) is 6.08 Å². The van der Waals surface area contributed by atoms with Crippen LogP contribution in [0.4, 0.5) is 5.69 Å². The zero-order chi connectivity index (χ0) is 7.52. The van der Waals surface area contributed by atoms with Crippen LogP contribution in [0.3, 0.4) is 0 Å². The molecule has 54 valence electrons. The number of fused-ring (bicyclic) bond motifs is 1. The number of nitrogens with one attached hydrogen (secondary N) is 1. The zero-order valence-electron chi connectivity index (χ0n) is 5.99. The molecule has 0 bridgehead atoms. The van der Waals surface area contributed by atoms with Crippen LogP contribution in [0.25, 0.3) is 6.08 Å². The Morgan fingerprint density at radius 1 is 1.27 bits per heavy atom. The van der Waals surface area contributed by atoms with Crippen molar-refractivity contribution in [3.63, 3.8) is 0 Å². The summed E-state index contributed by atoms with van der Waals surface area (Å²) in [6.07, 6.45) is 9.57. The van der Waals surface area contributed by atoms with Gasteiger partial charge in [0.2, 0.25) is 0 Å². The molecule has 11 heavy (non-hydrogen) atoms. The van der Waals surface area contributed by atoms with E-state index in [9.17, 15) is 0 Å². The minimum absolute atomic E-state index is 0.984. The molecule has 2 heteroatoms. The highest BCUT2D eigenvalue weighted by Crippen LogP contribution is 2.15. The maximum atomic E-state index is 4.19. The van der Waals surface area contributed by atoms with Gasteiger partial charge in [-0.05, 0) is 24.3 Å². The number of nitrogens with zero attached hydrogens (tertiary/aromatic N) is 1. The van der Waals surface area contributed by atoms with Crippen LogP contribution in [-0.4, -0.2) is 4.98 Å². The van der Waals surface area contributed by atoms with Crippen molar-refractivity contribution >= 4 is 11.8 Å². The van der Waals surface area contributed by atoms with E-state index in [-0.39, 0.29) is 0 Å². The number of hydrogen-bond acceptors (Lipinski definition) is 2. The van der Waals surface area contributed by atoms with E-state index in [0.29, 0.717) is 0 Å². The number of aromatic nitrogens is 1. The van der Waals surface area contributed by atoms with Gasteiger partial charge in [0.25, 0.3) is 0 Å². The van der Waals surface area contributed by atoms with Crippen molar-refractivity contribution in [3.05, 3.63) is 42.4 Å². The maximum Gasteiger partial charge on any atom is 0.0864 e.